The number of aliphatic hydroxyl groups is 8. The van der Waals surface area contributed by atoms with Gasteiger partial charge in [-0.15, -0.1) is 0 Å². The Labute approximate surface area is 359 Å². The molecule has 4 saturated heterocycles. The minimum absolute atomic E-state index is 0.0497. The van der Waals surface area contributed by atoms with E-state index in [0.29, 0.717) is 18.5 Å². The molecule has 0 spiro atoms. The molecule has 356 valence electrons. The van der Waals surface area contributed by atoms with Crippen molar-refractivity contribution in [3.63, 3.8) is 0 Å². The van der Waals surface area contributed by atoms with Crippen LogP contribution in [0.25, 0.3) is 0 Å². The van der Waals surface area contributed by atoms with Gasteiger partial charge in [0.25, 0.3) is 5.79 Å². The molecule has 4 aliphatic rings. The monoisotopic (exact) mass is 917 g/mol. The van der Waals surface area contributed by atoms with E-state index in [1.54, 1.807) is 18.7 Å². The van der Waals surface area contributed by atoms with Crippen molar-refractivity contribution in [2.24, 2.45) is 0 Å². The van der Waals surface area contributed by atoms with Gasteiger partial charge in [0.2, 0.25) is 5.91 Å². The Kier molecular flexibility index (Phi) is 20.2. The number of hydrogen-bond donors (Lipinski definition) is 12. The van der Waals surface area contributed by atoms with Gasteiger partial charge in [-0.1, -0.05) is 6.58 Å². The van der Waals surface area contributed by atoms with Crippen molar-refractivity contribution in [2.45, 2.75) is 131 Å². The molecule has 0 bridgehead atoms. The van der Waals surface area contributed by atoms with E-state index in [9.17, 15) is 65.1 Å². The fraction of sp³-hybridized carbons (Fsp3) is 0.833. The van der Waals surface area contributed by atoms with E-state index in [1.165, 1.54) is 0 Å². The van der Waals surface area contributed by atoms with Crippen LogP contribution < -0.4 is 16.0 Å². The molecular formula is C36H59N3O22S. The fourth-order valence-electron chi connectivity index (χ4n) is 6.58. The molecule has 12 N–H and O–H groups in total. The molecule has 16 atom stereocenters. The van der Waals surface area contributed by atoms with Gasteiger partial charge in [0, 0.05) is 37.9 Å². The summed E-state index contributed by atoms with van der Waals surface area (Å²) in [4.78, 5) is 48.0. The predicted octanol–water partition coefficient (Wildman–Crippen LogP) is -4.65. The maximum Gasteiger partial charge on any atom is 0.407 e. The summed E-state index contributed by atoms with van der Waals surface area (Å²) in [7, 11) is 0. The molecule has 25 nitrogen and oxygen atoms in total. The molecule has 26 heteroatoms. The quantitative estimate of drug-likeness (QED) is 0.0359. The highest BCUT2D eigenvalue weighted by Gasteiger charge is 2.60. The Hall–Kier alpha value is -3.03. The van der Waals surface area contributed by atoms with E-state index >= 15 is 0 Å². The van der Waals surface area contributed by atoms with E-state index in [4.69, 9.17) is 42.6 Å². The smallest absolute Gasteiger partial charge is 0.407 e. The number of hydrogen-bond acceptors (Lipinski definition) is 22. The highest BCUT2D eigenvalue weighted by atomic mass is 32.2. The first kappa shape index (κ1) is 51.6. The normalized spacial score (nSPS) is 36.8. The van der Waals surface area contributed by atoms with Crippen molar-refractivity contribution in [3.8, 4) is 0 Å². The minimum Gasteiger partial charge on any atom is -0.477 e. The van der Waals surface area contributed by atoms with Crippen LogP contribution in [-0.2, 0) is 52.2 Å². The number of aliphatic hydroxyl groups excluding tert-OH is 8. The average Bonchev–Trinajstić information content (AvgIpc) is 3.60. The number of alkyl carbamates (subject to hydrolysis) is 2. The first-order chi connectivity index (χ1) is 29.4. The molecule has 0 saturated carbocycles. The number of carboxylic acids is 1. The maximum absolute atomic E-state index is 12.6. The first-order valence-corrected chi connectivity index (χ1v) is 21.1. The zero-order chi connectivity index (χ0) is 45.7. The first-order valence-electron chi connectivity index (χ1n) is 19.9. The molecule has 4 fully saturated rings. The number of ether oxygens (including phenoxy) is 9. The van der Waals surface area contributed by atoms with Crippen LogP contribution in [0.3, 0.4) is 0 Å². The summed E-state index contributed by atoms with van der Waals surface area (Å²) in [6.45, 7) is 4.44. The average molecular weight is 918 g/mol. The van der Waals surface area contributed by atoms with Gasteiger partial charge in [0.15, 0.2) is 18.9 Å². The number of unbranched alkanes of at least 4 members (excludes halogenated alkanes) is 2. The molecule has 3 amide bonds. The summed E-state index contributed by atoms with van der Waals surface area (Å²) in [6, 6.07) is 0. The number of fused-ring (bicyclic) bond motifs is 1. The van der Waals surface area contributed by atoms with Crippen molar-refractivity contribution >= 4 is 35.8 Å². The number of carbonyl (C=O) groups excluding carboxylic acids is 3. The van der Waals surface area contributed by atoms with Crippen molar-refractivity contribution < 1.29 is 108 Å². The summed E-state index contributed by atoms with van der Waals surface area (Å²) in [6.07, 6.45) is -25.3. The van der Waals surface area contributed by atoms with Gasteiger partial charge in [-0.25, -0.2) is 14.4 Å². The summed E-state index contributed by atoms with van der Waals surface area (Å²) in [5.74, 6) is -2.38. The van der Waals surface area contributed by atoms with E-state index in [2.05, 4.69) is 22.5 Å². The van der Waals surface area contributed by atoms with Crippen LogP contribution in [0, 0.1) is 0 Å². The van der Waals surface area contributed by atoms with Crippen LogP contribution in [0.1, 0.15) is 33.1 Å². The van der Waals surface area contributed by atoms with Gasteiger partial charge in [-0.3, -0.25) is 4.79 Å². The van der Waals surface area contributed by atoms with Gasteiger partial charge in [-0.05, 0) is 31.9 Å². The lowest BCUT2D eigenvalue weighted by Crippen LogP contribution is -2.66. The number of aliphatic carboxylic acids is 1. The largest absolute Gasteiger partial charge is 0.477 e. The lowest BCUT2D eigenvalue weighted by atomic mass is 9.96. The number of rotatable bonds is 22. The summed E-state index contributed by atoms with van der Waals surface area (Å²) in [5, 5.41) is 101. The van der Waals surface area contributed by atoms with Crippen LogP contribution >= 0.6 is 11.8 Å². The molecule has 4 rings (SSSR count). The van der Waals surface area contributed by atoms with Crippen LogP contribution in [0.5, 0.6) is 0 Å². The molecule has 0 aromatic heterocycles. The zero-order valence-corrected chi connectivity index (χ0v) is 34.9. The van der Waals surface area contributed by atoms with Gasteiger partial charge in [0.05, 0.1) is 19.8 Å². The third kappa shape index (κ3) is 13.7. The lowest BCUT2D eigenvalue weighted by molar-refractivity contribution is -0.374. The second-order valence-corrected chi connectivity index (χ2v) is 16.1. The van der Waals surface area contributed by atoms with Crippen LogP contribution in [0.15, 0.2) is 12.2 Å². The number of nitrogens with one attached hydrogen (secondary N) is 3. The molecule has 62 heavy (non-hydrogen) atoms. The van der Waals surface area contributed by atoms with Gasteiger partial charge >= 0.3 is 18.2 Å². The van der Waals surface area contributed by atoms with Crippen molar-refractivity contribution in [1.29, 1.82) is 0 Å². The van der Waals surface area contributed by atoms with Crippen molar-refractivity contribution in [2.75, 3.05) is 57.6 Å². The Bertz CT molecular complexity index is 1480. The van der Waals surface area contributed by atoms with E-state index < -0.39 is 136 Å². The predicted molar refractivity (Wildman–Crippen MR) is 206 cm³/mol. The topological polar surface area (TPSA) is 370 Å². The zero-order valence-electron chi connectivity index (χ0n) is 34.1. The Morgan fingerprint density at radius 3 is 1.89 bits per heavy atom. The van der Waals surface area contributed by atoms with Crippen LogP contribution in [0.4, 0.5) is 9.59 Å². The van der Waals surface area contributed by atoms with Crippen LogP contribution in [0.2, 0.25) is 0 Å². The number of carbonyl (C=O) groups is 4. The van der Waals surface area contributed by atoms with Gasteiger partial charge in [0.1, 0.15) is 79.9 Å². The third-order valence-electron chi connectivity index (χ3n) is 10.1. The standard InChI is InChI=1S/C36H59N3O22S/c1-16(2)29(48)37-9-12-62-11-6-4-5-10-53-34(51)38-7-8-39-35(52)54-15-19-27(25(47)28-32(57-19)61-36(3,60-28)33(49)50)59-31-24(46)22(44)26(18(14-41)56-31)58-30-23(45)21(43)20(42)17(13-40)55-30/h17-28,30-32,40-47H,1,4-15H2,2-3H3,(H,37,48)(H,38,51)(H,39,52)(H,49,50)/t17?,18?,19?,20-,21?,22?,23?,24?,25?,26-,27+,28?,30+,31-,32+,36-/m0/s1. The maximum atomic E-state index is 12.6. The lowest BCUT2D eigenvalue weighted by Gasteiger charge is -2.47. The highest BCUT2D eigenvalue weighted by Crippen LogP contribution is 2.39. The molecule has 4 aliphatic heterocycles. The Morgan fingerprint density at radius 1 is 0.677 bits per heavy atom. The molecule has 4 heterocycles. The fourth-order valence-corrected chi connectivity index (χ4v) is 7.44. The summed E-state index contributed by atoms with van der Waals surface area (Å²) in [5.41, 5.74) is 0.455. The van der Waals surface area contributed by atoms with E-state index in [1.807, 2.05) is 0 Å². The number of amides is 3. The Balaban J connectivity index is 1.25. The molecule has 0 aromatic rings. The van der Waals surface area contributed by atoms with Crippen molar-refractivity contribution in [1.82, 2.24) is 16.0 Å². The second-order valence-electron chi connectivity index (χ2n) is 14.9. The van der Waals surface area contributed by atoms with Crippen molar-refractivity contribution in [3.05, 3.63) is 12.2 Å². The third-order valence-corrected chi connectivity index (χ3v) is 11.2. The Morgan fingerprint density at radius 2 is 1.27 bits per heavy atom. The van der Waals surface area contributed by atoms with Gasteiger partial charge < -0.3 is 105 Å². The van der Waals surface area contributed by atoms with Crippen LogP contribution in [-0.4, -0.2) is 225 Å². The molecule has 0 aromatic carbocycles. The SMILES string of the molecule is C=C(C)C(=O)NCCSCCCCCOC(=O)NCCNC(=O)OCC1O[C@@H]2O[C@@](C)(C(=O)O)OC2C(O)[C@@H]1O[C@@H]1OC(CO)[C@H](O[C@H]2OC(CO)[C@H](O)C(O)C2O)C(O)C1O. The highest BCUT2D eigenvalue weighted by molar-refractivity contribution is 7.99. The molecule has 0 aliphatic carbocycles. The number of carboxylic acid groups (broad SMARTS) is 1. The van der Waals surface area contributed by atoms with E-state index in [0.717, 1.165) is 31.3 Å². The summed E-state index contributed by atoms with van der Waals surface area (Å²) < 4.78 is 49.4. The minimum atomic E-state index is -2.29. The van der Waals surface area contributed by atoms with E-state index in [-0.39, 0.29) is 25.6 Å². The molecule has 0 radical (unpaired) electrons. The second kappa shape index (κ2) is 24.3. The number of thioether (sulfide) groups is 1. The molecule has 9 unspecified atom stereocenters. The molecular weight excluding hydrogens is 858 g/mol. The summed E-state index contributed by atoms with van der Waals surface area (Å²) >= 11 is 1.69. The van der Waals surface area contributed by atoms with Gasteiger partial charge in [-0.2, -0.15) is 11.8 Å².